The van der Waals surface area contributed by atoms with Gasteiger partial charge in [0.2, 0.25) is 0 Å². The fourth-order valence-electron chi connectivity index (χ4n) is 6.22. The van der Waals surface area contributed by atoms with Gasteiger partial charge in [-0.2, -0.15) is 0 Å². The molecule has 0 nitrogen and oxygen atoms in total. The zero-order valence-electron chi connectivity index (χ0n) is 15.4. The highest BCUT2D eigenvalue weighted by Crippen LogP contribution is 2.46. The first-order valence-electron chi connectivity index (χ1n) is 10.8. The van der Waals surface area contributed by atoms with E-state index in [1.807, 2.05) is 0 Å². The maximum absolute atomic E-state index is 2.39. The lowest BCUT2D eigenvalue weighted by Gasteiger charge is -2.41. The van der Waals surface area contributed by atoms with Crippen LogP contribution in [0.1, 0.15) is 104 Å². The van der Waals surface area contributed by atoms with Crippen LogP contribution in [0.2, 0.25) is 0 Å². The second-order valence-corrected chi connectivity index (χ2v) is 9.05. The third kappa shape index (κ3) is 4.09. The summed E-state index contributed by atoms with van der Waals surface area (Å²) in [6.07, 6.45) is 21.6. The van der Waals surface area contributed by atoms with E-state index < -0.39 is 0 Å². The molecule has 0 spiro atoms. The highest BCUT2D eigenvalue weighted by Gasteiger charge is 2.34. The van der Waals surface area contributed by atoms with Gasteiger partial charge >= 0.3 is 0 Å². The number of rotatable bonds is 4. The van der Waals surface area contributed by atoms with Crippen LogP contribution in [0.25, 0.3) is 0 Å². The molecule has 3 saturated carbocycles. The van der Waals surface area contributed by atoms with Crippen LogP contribution in [0, 0.1) is 35.5 Å². The van der Waals surface area contributed by atoms with Crippen molar-refractivity contribution in [3.8, 4) is 0 Å². The van der Waals surface area contributed by atoms with Crippen LogP contribution in [0.4, 0.5) is 0 Å². The normalized spacial score (nSPS) is 43.9. The molecule has 3 fully saturated rings. The van der Waals surface area contributed by atoms with Crippen LogP contribution >= 0.6 is 0 Å². The van der Waals surface area contributed by atoms with Gasteiger partial charge in [-0.15, -0.1) is 0 Å². The Morgan fingerprint density at radius 3 is 0.864 bits per heavy atom. The van der Waals surface area contributed by atoms with Crippen molar-refractivity contribution in [2.75, 3.05) is 0 Å². The first-order chi connectivity index (χ1) is 10.8. The Morgan fingerprint density at radius 2 is 0.636 bits per heavy atom. The molecule has 3 aliphatic rings. The summed E-state index contributed by atoms with van der Waals surface area (Å²) in [5.74, 6) is 6.59. The molecule has 0 heterocycles. The third-order valence-corrected chi connectivity index (χ3v) is 8.09. The quantitative estimate of drug-likeness (QED) is 0.514. The summed E-state index contributed by atoms with van der Waals surface area (Å²) >= 11 is 0. The maximum Gasteiger partial charge on any atom is -0.0386 e. The molecule has 0 radical (unpaired) electrons. The minimum Gasteiger partial charge on any atom is -0.0651 e. The van der Waals surface area contributed by atoms with E-state index in [1.165, 1.54) is 12.8 Å². The zero-order valence-corrected chi connectivity index (χ0v) is 15.4. The Morgan fingerprint density at radius 1 is 0.409 bits per heavy atom. The van der Waals surface area contributed by atoms with Crippen molar-refractivity contribution in [2.45, 2.75) is 104 Å². The predicted octanol–water partition coefficient (Wildman–Crippen LogP) is 7.23. The standard InChI is InChI=1S/C22H40/c1-3-17-5-9-19(10-6-17)21-13-15-22(16-14-21)20-11-7-18(4-2)8-12-20/h17-22H,3-16H2,1-2H3. The minimum atomic E-state index is 1.07. The molecular formula is C22H40. The van der Waals surface area contributed by atoms with Gasteiger partial charge in [0, 0.05) is 0 Å². The van der Waals surface area contributed by atoms with Gasteiger partial charge < -0.3 is 0 Å². The summed E-state index contributed by atoms with van der Waals surface area (Å²) in [6, 6.07) is 0. The molecule has 0 amide bonds. The van der Waals surface area contributed by atoms with Gasteiger partial charge in [-0.05, 0) is 86.9 Å². The molecule has 0 unspecified atom stereocenters. The van der Waals surface area contributed by atoms with E-state index in [2.05, 4.69) is 13.8 Å². The second-order valence-electron chi connectivity index (χ2n) is 9.05. The third-order valence-electron chi connectivity index (χ3n) is 8.09. The minimum absolute atomic E-state index is 1.07. The molecule has 0 bridgehead atoms. The van der Waals surface area contributed by atoms with Crippen molar-refractivity contribution in [1.82, 2.24) is 0 Å². The Hall–Kier alpha value is 0. The van der Waals surface area contributed by atoms with Crippen LogP contribution in [-0.2, 0) is 0 Å². The number of hydrogen-bond acceptors (Lipinski definition) is 0. The van der Waals surface area contributed by atoms with Crippen molar-refractivity contribution in [3.05, 3.63) is 0 Å². The van der Waals surface area contributed by atoms with Crippen LogP contribution in [-0.4, -0.2) is 0 Å². The van der Waals surface area contributed by atoms with Gasteiger partial charge in [0.25, 0.3) is 0 Å². The van der Waals surface area contributed by atoms with Gasteiger partial charge in [-0.3, -0.25) is 0 Å². The molecule has 3 aliphatic carbocycles. The summed E-state index contributed by atoms with van der Waals surface area (Å²) < 4.78 is 0. The smallest absolute Gasteiger partial charge is 0.0386 e. The summed E-state index contributed by atoms with van der Waals surface area (Å²) in [6.45, 7) is 4.78. The molecule has 0 N–H and O–H groups in total. The Labute approximate surface area is 139 Å². The van der Waals surface area contributed by atoms with Crippen molar-refractivity contribution in [3.63, 3.8) is 0 Å². The van der Waals surface area contributed by atoms with Crippen LogP contribution in [0.5, 0.6) is 0 Å². The van der Waals surface area contributed by atoms with Gasteiger partial charge in [0.1, 0.15) is 0 Å². The van der Waals surface area contributed by atoms with E-state index in [1.54, 1.807) is 77.0 Å². The van der Waals surface area contributed by atoms with Crippen LogP contribution in [0.15, 0.2) is 0 Å². The number of hydrogen-bond donors (Lipinski definition) is 0. The predicted molar refractivity (Wildman–Crippen MR) is 96.9 cm³/mol. The molecule has 0 atom stereocenters. The van der Waals surface area contributed by atoms with E-state index >= 15 is 0 Å². The van der Waals surface area contributed by atoms with E-state index in [-0.39, 0.29) is 0 Å². The maximum atomic E-state index is 2.39. The molecule has 128 valence electrons. The first-order valence-corrected chi connectivity index (χ1v) is 10.8. The fraction of sp³-hybridized carbons (Fsp3) is 1.00. The molecule has 0 heteroatoms. The summed E-state index contributed by atoms with van der Waals surface area (Å²) in [5.41, 5.74) is 0. The van der Waals surface area contributed by atoms with Crippen LogP contribution < -0.4 is 0 Å². The van der Waals surface area contributed by atoms with E-state index in [4.69, 9.17) is 0 Å². The van der Waals surface area contributed by atoms with Gasteiger partial charge in [0.15, 0.2) is 0 Å². The molecule has 3 rings (SSSR count). The van der Waals surface area contributed by atoms with Crippen molar-refractivity contribution in [2.24, 2.45) is 35.5 Å². The summed E-state index contributed by atoms with van der Waals surface area (Å²) in [5, 5.41) is 0. The van der Waals surface area contributed by atoms with Gasteiger partial charge in [0.05, 0.1) is 0 Å². The summed E-state index contributed by atoms with van der Waals surface area (Å²) in [7, 11) is 0. The second kappa shape index (κ2) is 8.20. The largest absolute Gasteiger partial charge is 0.0651 e. The molecule has 0 aromatic heterocycles. The van der Waals surface area contributed by atoms with Crippen molar-refractivity contribution >= 4 is 0 Å². The lowest BCUT2D eigenvalue weighted by Crippen LogP contribution is -2.29. The Bertz CT molecular complexity index is 264. The molecular weight excluding hydrogens is 264 g/mol. The topological polar surface area (TPSA) is 0 Å². The molecule has 0 aliphatic heterocycles. The molecule has 22 heavy (non-hydrogen) atoms. The van der Waals surface area contributed by atoms with E-state index in [9.17, 15) is 0 Å². The highest BCUT2D eigenvalue weighted by atomic mass is 14.4. The molecule has 0 saturated heterocycles. The van der Waals surface area contributed by atoms with Crippen molar-refractivity contribution in [1.29, 1.82) is 0 Å². The average molecular weight is 305 g/mol. The highest BCUT2D eigenvalue weighted by molar-refractivity contribution is 4.85. The molecule has 0 aromatic carbocycles. The van der Waals surface area contributed by atoms with Gasteiger partial charge in [-0.1, -0.05) is 52.4 Å². The Kier molecular flexibility index (Phi) is 6.28. The van der Waals surface area contributed by atoms with Crippen molar-refractivity contribution < 1.29 is 0 Å². The lowest BCUT2D eigenvalue weighted by atomic mass is 9.65. The fourth-order valence-corrected chi connectivity index (χ4v) is 6.22. The first kappa shape index (κ1) is 16.8. The van der Waals surface area contributed by atoms with Crippen LogP contribution in [0.3, 0.4) is 0 Å². The van der Waals surface area contributed by atoms with E-state index in [0.29, 0.717) is 0 Å². The SMILES string of the molecule is CCC1CCC(C2CCC(C3CCC(CC)CC3)CC2)CC1. The van der Waals surface area contributed by atoms with E-state index in [0.717, 1.165) is 35.5 Å². The Balaban J connectivity index is 1.39. The zero-order chi connectivity index (χ0) is 15.4. The lowest BCUT2D eigenvalue weighted by molar-refractivity contribution is 0.104. The molecule has 0 aromatic rings. The summed E-state index contributed by atoms with van der Waals surface area (Å²) in [4.78, 5) is 0. The van der Waals surface area contributed by atoms with Gasteiger partial charge in [-0.25, -0.2) is 0 Å². The monoisotopic (exact) mass is 304 g/mol. The average Bonchev–Trinajstić information content (AvgIpc) is 2.62.